The van der Waals surface area contributed by atoms with Crippen molar-refractivity contribution in [3.05, 3.63) is 11.9 Å². The second-order valence-electron chi connectivity index (χ2n) is 3.04. The molecule has 1 aliphatic heterocycles. The predicted molar refractivity (Wildman–Crippen MR) is 48.0 cm³/mol. The van der Waals surface area contributed by atoms with Crippen LogP contribution in [0.15, 0.2) is 6.07 Å². The van der Waals surface area contributed by atoms with Gasteiger partial charge in [-0.1, -0.05) is 0 Å². The summed E-state index contributed by atoms with van der Waals surface area (Å²) in [6.45, 7) is 4.05. The smallest absolute Gasteiger partial charge is 0.134 e. The predicted octanol–water partition coefficient (Wildman–Crippen LogP) is 0.577. The molecule has 4 heteroatoms. The molecule has 64 valence electrons. The summed E-state index contributed by atoms with van der Waals surface area (Å²) in [6.07, 6.45) is 1.25. The van der Waals surface area contributed by atoms with Gasteiger partial charge in [0, 0.05) is 19.2 Å². The normalized spacial score (nSPS) is 15.9. The summed E-state index contributed by atoms with van der Waals surface area (Å²) in [6, 6.07) is 1.83. The molecule has 1 aromatic heterocycles. The molecule has 1 aliphatic rings. The third-order valence-corrected chi connectivity index (χ3v) is 2.02. The van der Waals surface area contributed by atoms with E-state index < -0.39 is 0 Å². The SMILES string of the molecule is Cc1nc(N)cc(N2CCC2)n1. The van der Waals surface area contributed by atoms with Crippen LogP contribution in [0.2, 0.25) is 0 Å². The fourth-order valence-electron chi connectivity index (χ4n) is 1.28. The van der Waals surface area contributed by atoms with Gasteiger partial charge in [-0.25, -0.2) is 9.97 Å². The first-order valence-electron chi connectivity index (χ1n) is 4.12. The van der Waals surface area contributed by atoms with E-state index in [1.54, 1.807) is 0 Å². The maximum Gasteiger partial charge on any atom is 0.134 e. The van der Waals surface area contributed by atoms with Crippen LogP contribution < -0.4 is 10.6 Å². The van der Waals surface area contributed by atoms with Gasteiger partial charge in [0.1, 0.15) is 17.5 Å². The van der Waals surface area contributed by atoms with Gasteiger partial charge < -0.3 is 10.6 Å². The minimum Gasteiger partial charge on any atom is -0.384 e. The molecule has 0 unspecified atom stereocenters. The number of hydrogen-bond acceptors (Lipinski definition) is 4. The van der Waals surface area contributed by atoms with Crippen molar-refractivity contribution in [3.63, 3.8) is 0 Å². The minimum absolute atomic E-state index is 0.560. The van der Waals surface area contributed by atoms with Crippen molar-refractivity contribution in [2.45, 2.75) is 13.3 Å². The summed E-state index contributed by atoms with van der Waals surface area (Å²) >= 11 is 0. The quantitative estimate of drug-likeness (QED) is 0.659. The molecule has 2 heterocycles. The van der Waals surface area contributed by atoms with E-state index in [4.69, 9.17) is 5.73 Å². The van der Waals surface area contributed by atoms with E-state index in [0.29, 0.717) is 5.82 Å². The van der Waals surface area contributed by atoms with Gasteiger partial charge >= 0.3 is 0 Å². The molecule has 0 amide bonds. The zero-order valence-electron chi connectivity index (χ0n) is 7.12. The lowest BCUT2D eigenvalue weighted by molar-refractivity contribution is 0.608. The van der Waals surface area contributed by atoms with Gasteiger partial charge in [0.2, 0.25) is 0 Å². The summed E-state index contributed by atoms with van der Waals surface area (Å²) < 4.78 is 0. The maximum atomic E-state index is 5.60. The second-order valence-corrected chi connectivity index (χ2v) is 3.04. The Balaban J connectivity index is 2.30. The maximum absolute atomic E-state index is 5.60. The third-order valence-electron chi connectivity index (χ3n) is 2.02. The molecule has 0 aromatic carbocycles. The molecular weight excluding hydrogens is 152 g/mol. The standard InChI is InChI=1S/C8H12N4/c1-6-10-7(9)5-8(11-6)12-3-2-4-12/h5H,2-4H2,1H3,(H2,9,10,11). The van der Waals surface area contributed by atoms with Gasteiger partial charge in [-0.2, -0.15) is 0 Å². The molecule has 2 N–H and O–H groups in total. The lowest BCUT2D eigenvalue weighted by Gasteiger charge is -2.32. The van der Waals surface area contributed by atoms with Crippen molar-refractivity contribution in [2.75, 3.05) is 23.7 Å². The molecule has 0 saturated carbocycles. The first kappa shape index (κ1) is 7.34. The molecule has 0 radical (unpaired) electrons. The Bertz CT molecular complexity index is 273. The monoisotopic (exact) mass is 164 g/mol. The Morgan fingerprint density at radius 2 is 2.17 bits per heavy atom. The van der Waals surface area contributed by atoms with Crippen molar-refractivity contribution in [1.29, 1.82) is 0 Å². The molecule has 0 aliphatic carbocycles. The number of rotatable bonds is 1. The fourth-order valence-corrected chi connectivity index (χ4v) is 1.28. The molecule has 1 aromatic rings. The van der Waals surface area contributed by atoms with E-state index in [0.717, 1.165) is 24.7 Å². The van der Waals surface area contributed by atoms with Crippen LogP contribution >= 0.6 is 0 Å². The van der Waals surface area contributed by atoms with Crippen molar-refractivity contribution in [1.82, 2.24) is 9.97 Å². The highest BCUT2D eigenvalue weighted by Crippen LogP contribution is 2.19. The summed E-state index contributed by atoms with van der Waals surface area (Å²) in [7, 11) is 0. The molecule has 0 atom stereocenters. The number of nitrogens with two attached hydrogens (primary N) is 1. The minimum atomic E-state index is 0.560. The first-order chi connectivity index (χ1) is 5.75. The lowest BCUT2D eigenvalue weighted by Crippen LogP contribution is -2.37. The van der Waals surface area contributed by atoms with Crippen LogP contribution in [-0.4, -0.2) is 23.1 Å². The summed E-state index contributed by atoms with van der Waals surface area (Å²) in [4.78, 5) is 10.5. The second kappa shape index (κ2) is 2.62. The highest BCUT2D eigenvalue weighted by Gasteiger charge is 2.16. The Labute approximate surface area is 71.4 Å². The van der Waals surface area contributed by atoms with Crippen molar-refractivity contribution in [3.8, 4) is 0 Å². The molecule has 2 rings (SSSR count). The van der Waals surface area contributed by atoms with Crippen LogP contribution in [0.25, 0.3) is 0 Å². The first-order valence-corrected chi connectivity index (χ1v) is 4.12. The molecule has 0 bridgehead atoms. The Morgan fingerprint density at radius 1 is 1.42 bits per heavy atom. The molecule has 1 fully saturated rings. The van der Waals surface area contributed by atoms with E-state index in [1.165, 1.54) is 6.42 Å². The largest absolute Gasteiger partial charge is 0.384 e. The van der Waals surface area contributed by atoms with Crippen LogP contribution in [0.4, 0.5) is 11.6 Å². The van der Waals surface area contributed by atoms with Crippen molar-refractivity contribution in [2.24, 2.45) is 0 Å². The average molecular weight is 164 g/mol. The number of aromatic nitrogens is 2. The van der Waals surface area contributed by atoms with Crippen LogP contribution in [-0.2, 0) is 0 Å². The van der Waals surface area contributed by atoms with E-state index in [1.807, 2.05) is 13.0 Å². The molecule has 0 spiro atoms. The highest BCUT2D eigenvalue weighted by atomic mass is 15.2. The number of aryl methyl sites for hydroxylation is 1. The number of nitrogen functional groups attached to an aromatic ring is 1. The molecule has 1 saturated heterocycles. The van der Waals surface area contributed by atoms with Crippen LogP contribution in [0, 0.1) is 6.92 Å². The number of anilines is 2. The Hall–Kier alpha value is -1.32. The summed E-state index contributed by atoms with van der Waals surface area (Å²) in [5.41, 5.74) is 5.60. The van der Waals surface area contributed by atoms with Crippen molar-refractivity contribution >= 4 is 11.6 Å². The van der Waals surface area contributed by atoms with Gasteiger partial charge in [0.25, 0.3) is 0 Å². The molecular formula is C8H12N4. The van der Waals surface area contributed by atoms with Gasteiger partial charge in [-0.05, 0) is 13.3 Å². The van der Waals surface area contributed by atoms with Gasteiger partial charge in [0.15, 0.2) is 0 Å². The molecule has 4 nitrogen and oxygen atoms in total. The lowest BCUT2D eigenvalue weighted by atomic mass is 10.2. The van der Waals surface area contributed by atoms with E-state index in [9.17, 15) is 0 Å². The van der Waals surface area contributed by atoms with Gasteiger partial charge in [-0.15, -0.1) is 0 Å². The third kappa shape index (κ3) is 1.20. The Morgan fingerprint density at radius 3 is 2.67 bits per heavy atom. The van der Waals surface area contributed by atoms with Crippen molar-refractivity contribution < 1.29 is 0 Å². The highest BCUT2D eigenvalue weighted by molar-refractivity contribution is 5.48. The van der Waals surface area contributed by atoms with Crippen LogP contribution in [0.3, 0.4) is 0 Å². The van der Waals surface area contributed by atoms with E-state index in [2.05, 4.69) is 14.9 Å². The van der Waals surface area contributed by atoms with Crippen LogP contribution in [0.1, 0.15) is 12.2 Å². The van der Waals surface area contributed by atoms with Crippen LogP contribution in [0.5, 0.6) is 0 Å². The number of nitrogens with zero attached hydrogens (tertiary/aromatic N) is 3. The zero-order valence-corrected chi connectivity index (χ0v) is 7.12. The van der Waals surface area contributed by atoms with E-state index >= 15 is 0 Å². The summed E-state index contributed by atoms with van der Waals surface area (Å²) in [5.74, 6) is 2.27. The van der Waals surface area contributed by atoms with E-state index in [-0.39, 0.29) is 0 Å². The summed E-state index contributed by atoms with van der Waals surface area (Å²) in [5, 5.41) is 0. The van der Waals surface area contributed by atoms with Gasteiger partial charge in [0.05, 0.1) is 0 Å². The Kier molecular flexibility index (Phi) is 1.60. The zero-order chi connectivity index (χ0) is 8.55. The fraction of sp³-hybridized carbons (Fsp3) is 0.500. The average Bonchev–Trinajstić information content (AvgIpc) is 1.79. The topological polar surface area (TPSA) is 55.0 Å². The molecule has 12 heavy (non-hydrogen) atoms. The number of hydrogen-bond donors (Lipinski definition) is 1. The van der Waals surface area contributed by atoms with Gasteiger partial charge in [-0.3, -0.25) is 0 Å².